The molecule has 0 atom stereocenters. The van der Waals surface area contributed by atoms with E-state index in [0.717, 1.165) is 39.1 Å². The largest absolute Gasteiger partial charge is 0.256 e. The quantitative estimate of drug-likeness (QED) is 0.381. The molecule has 1 heterocycles. The van der Waals surface area contributed by atoms with Crippen molar-refractivity contribution in [3.63, 3.8) is 0 Å². The van der Waals surface area contributed by atoms with Crippen molar-refractivity contribution in [2.45, 2.75) is 0 Å². The summed E-state index contributed by atoms with van der Waals surface area (Å²) in [6.07, 6.45) is 4.64. The van der Waals surface area contributed by atoms with Gasteiger partial charge in [-0.15, -0.1) is 0 Å². The molecule has 0 saturated carbocycles. The number of rotatable bonds is 0. The summed E-state index contributed by atoms with van der Waals surface area (Å²) in [6.45, 7) is 0. The Morgan fingerprint density at radius 3 is 2.17 bits per heavy atom. The van der Waals surface area contributed by atoms with Gasteiger partial charge in [0, 0.05) is 51.8 Å². The van der Waals surface area contributed by atoms with E-state index in [1.165, 1.54) is 24.3 Å². The highest BCUT2D eigenvalue weighted by Gasteiger charge is 2.34. The lowest BCUT2D eigenvalue weighted by Gasteiger charge is -2.11. The topological polar surface area (TPSA) is 60.5 Å². The summed E-state index contributed by atoms with van der Waals surface area (Å²) in [7, 11) is 0. The van der Waals surface area contributed by atoms with Crippen molar-refractivity contribution in [2.24, 2.45) is 0 Å². The highest BCUT2D eigenvalue weighted by Crippen LogP contribution is 2.54. The second-order valence-corrected chi connectivity index (χ2v) is 6.76. The summed E-state index contributed by atoms with van der Waals surface area (Å²) < 4.78 is 14.1. The van der Waals surface area contributed by atoms with E-state index >= 15 is 0 Å². The summed E-state index contributed by atoms with van der Waals surface area (Å²) in [5, 5.41) is 18.9. The molecule has 0 fully saturated rings. The van der Waals surface area contributed by atoms with Crippen LogP contribution in [0.4, 0.5) is 4.39 Å². The second-order valence-electron chi connectivity index (χ2n) is 6.76. The minimum atomic E-state index is -0.385. The van der Waals surface area contributed by atoms with Crippen molar-refractivity contribution in [2.75, 3.05) is 0 Å². The van der Waals surface area contributed by atoms with Crippen molar-refractivity contribution < 1.29 is 4.39 Å². The van der Waals surface area contributed by atoms with Crippen LogP contribution in [0.15, 0.2) is 78.5 Å². The van der Waals surface area contributed by atoms with Crippen LogP contribution in [0.25, 0.3) is 28.0 Å². The molecular weight excluding hydrogens is 361 g/mol. The third-order valence-corrected chi connectivity index (χ3v) is 5.30. The maximum Gasteiger partial charge on any atom is 0.123 e. The van der Waals surface area contributed by atoms with E-state index in [1.807, 2.05) is 36.4 Å². The van der Waals surface area contributed by atoms with Gasteiger partial charge in [0.2, 0.25) is 0 Å². The number of nitriles is 2. The second kappa shape index (κ2) is 6.41. The number of nitrogens with zero attached hydrogens (tertiary/aromatic N) is 3. The van der Waals surface area contributed by atoms with E-state index in [-0.39, 0.29) is 5.82 Å². The Morgan fingerprint density at radius 1 is 0.724 bits per heavy atom. The first kappa shape index (κ1) is 16.9. The van der Waals surface area contributed by atoms with Gasteiger partial charge in [-0.05, 0) is 34.9 Å². The Kier molecular flexibility index (Phi) is 3.72. The van der Waals surface area contributed by atoms with Gasteiger partial charge < -0.3 is 0 Å². The summed E-state index contributed by atoms with van der Waals surface area (Å²) in [5.74, 6) is -0.385. The van der Waals surface area contributed by atoms with Crippen LogP contribution in [0.2, 0.25) is 0 Å². The van der Waals surface area contributed by atoms with Gasteiger partial charge in [0.25, 0.3) is 0 Å². The summed E-state index contributed by atoms with van der Waals surface area (Å²) in [6, 6.07) is 20.5. The summed E-state index contributed by atoms with van der Waals surface area (Å²) in [4.78, 5) is 4.56. The van der Waals surface area contributed by atoms with Gasteiger partial charge in [0.05, 0.1) is 17.8 Å². The van der Waals surface area contributed by atoms with E-state index in [4.69, 9.17) is 0 Å². The Labute approximate surface area is 167 Å². The fourth-order valence-corrected chi connectivity index (χ4v) is 4.23. The van der Waals surface area contributed by atoms with Crippen molar-refractivity contribution in [1.82, 2.24) is 4.98 Å². The Hall–Kier alpha value is -4.28. The Bertz CT molecular complexity index is 1330. The first-order chi connectivity index (χ1) is 14.2. The molecule has 3 nitrogen and oxygen atoms in total. The highest BCUT2D eigenvalue weighted by molar-refractivity contribution is 6.19. The molecule has 0 N–H and O–H groups in total. The van der Waals surface area contributed by atoms with Gasteiger partial charge in [-0.3, -0.25) is 4.98 Å². The number of aromatic nitrogens is 1. The lowest BCUT2D eigenvalue weighted by Crippen LogP contribution is -1.91. The van der Waals surface area contributed by atoms with Crippen LogP contribution >= 0.6 is 0 Å². The fourth-order valence-electron chi connectivity index (χ4n) is 4.23. The number of benzene rings is 2. The SMILES string of the molecule is N#CC=C1C(=C2/c3ccccc3-c3ncccc32)/C(=C/C#N)c2cc(F)ccc21. The predicted molar refractivity (Wildman–Crippen MR) is 109 cm³/mol. The van der Waals surface area contributed by atoms with Crippen LogP contribution in [0.5, 0.6) is 0 Å². The van der Waals surface area contributed by atoms with Crippen LogP contribution < -0.4 is 0 Å². The lowest BCUT2D eigenvalue weighted by atomic mass is 9.91. The third-order valence-electron chi connectivity index (χ3n) is 5.30. The highest BCUT2D eigenvalue weighted by atomic mass is 19.1. The minimum Gasteiger partial charge on any atom is -0.256 e. The summed E-state index contributed by atoms with van der Waals surface area (Å²) in [5.41, 5.74) is 8.10. The van der Waals surface area contributed by atoms with Crippen LogP contribution in [0, 0.1) is 28.5 Å². The van der Waals surface area contributed by atoms with Crippen molar-refractivity contribution in [1.29, 1.82) is 10.5 Å². The molecule has 0 unspecified atom stereocenters. The molecule has 0 spiro atoms. The number of pyridine rings is 1. The molecule has 2 aliphatic rings. The number of allylic oxidation sites excluding steroid dienone is 5. The maximum absolute atomic E-state index is 14.1. The lowest BCUT2D eigenvalue weighted by molar-refractivity contribution is 0.627. The first-order valence-electron chi connectivity index (χ1n) is 9.04. The molecular formula is C25H12FN3. The molecule has 0 bridgehead atoms. The predicted octanol–water partition coefficient (Wildman–Crippen LogP) is 5.53. The van der Waals surface area contributed by atoms with Gasteiger partial charge in [0.1, 0.15) is 5.82 Å². The molecule has 0 radical (unpaired) electrons. The third kappa shape index (κ3) is 2.37. The van der Waals surface area contributed by atoms with Gasteiger partial charge in [-0.1, -0.05) is 36.4 Å². The molecule has 0 aliphatic heterocycles. The monoisotopic (exact) mass is 373 g/mol. The number of hydrogen-bond donors (Lipinski definition) is 0. The van der Waals surface area contributed by atoms with Gasteiger partial charge >= 0.3 is 0 Å². The maximum atomic E-state index is 14.1. The molecule has 2 aliphatic carbocycles. The van der Waals surface area contributed by atoms with E-state index in [0.29, 0.717) is 16.7 Å². The normalized spacial score (nSPS) is 18.9. The zero-order chi connectivity index (χ0) is 20.0. The molecule has 3 aromatic rings. The molecule has 1 aromatic heterocycles. The zero-order valence-corrected chi connectivity index (χ0v) is 15.1. The molecule has 0 saturated heterocycles. The molecule has 4 heteroatoms. The van der Waals surface area contributed by atoms with Crippen LogP contribution in [-0.2, 0) is 0 Å². The van der Waals surface area contributed by atoms with E-state index in [1.54, 1.807) is 12.3 Å². The molecule has 134 valence electrons. The number of fused-ring (bicyclic) bond motifs is 4. The van der Waals surface area contributed by atoms with Crippen LogP contribution in [-0.4, -0.2) is 4.98 Å². The van der Waals surface area contributed by atoms with E-state index in [9.17, 15) is 14.9 Å². The standard InChI is InChI=1S/C25H12FN3/c26-15-7-8-16-18(9-11-27)23(19(10-12-28)22(16)14-15)24-17-4-1-2-5-20(17)25-21(24)6-3-13-29-25/h1-10,13-14H/b18-9?,19-10+,24-23+. The molecule has 2 aromatic carbocycles. The summed E-state index contributed by atoms with van der Waals surface area (Å²) >= 11 is 0. The number of halogens is 1. The average molecular weight is 373 g/mol. The van der Waals surface area contributed by atoms with Crippen molar-refractivity contribution in [3.05, 3.63) is 107 Å². The fraction of sp³-hybridized carbons (Fsp3) is 0. The van der Waals surface area contributed by atoms with Gasteiger partial charge in [-0.25, -0.2) is 4.39 Å². The van der Waals surface area contributed by atoms with E-state index < -0.39 is 0 Å². The molecule has 5 rings (SSSR count). The van der Waals surface area contributed by atoms with Gasteiger partial charge in [0.15, 0.2) is 0 Å². The molecule has 0 amide bonds. The van der Waals surface area contributed by atoms with Crippen molar-refractivity contribution in [3.8, 4) is 23.4 Å². The molecule has 29 heavy (non-hydrogen) atoms. The van der Waals surface area contributed by atoms with Crippen LogP contribution in [0.1, 0.15) is 22.3 Å². The Balaban J connectivity index is 1.96. The van der Waals surface area contributed by atoms with Gasteiger partial charge in [-0.2, -0.15) is 10.5 Å². The number of hydrogen-bond acceptors (Lipinski definition) is 3. The minimum absolute atomic E-state index is 0.385. The van der Waals surface area contributed by atoms with Crippen LogP contribution in [0.3, 0.4) is 0 Å². The van der Waals surface area contributed by atoms with Crippen molar-refractivity contribution >= 4 is 16.7 Å². The zero-order valence-electron chi connectivity index (χ0n) is 15.1. The smallest absolute Gasteiger partial charge is 0.123 e. The Morgan fingerprint density at radius 2 is 1.41 bits per heavy atom. The first-order valence-corrected chi connectivity index (χ1v) is 9.04. The van der Waals surface area contributed by atoms with E-state index in [2.05, 4.69) is 17.1 Å². The average Bonchev–Trinajstić information content (AvgIpc) is 3.21.